The van der Waals surface area contributed by atoms with Crippen LogP contribution in [0, 0.1) is 6.92 Å². The second-order valence-corrected chi connectivity index (χ2v) is 5.53. The Morgan fingerprint density at radius 2 is 2.00 bits per heavy atom. The lowest BCUT2D eigenvalue weighted by molar-refractivity contribution is 1.00. The maximum absolute atomic E-state index is 5.97. The zero-order chi connectivity index (χ0) is 14.5. The Kier molecular flexibility index (Phi) is 4.99. The highest BCUT2D eigenvalue weighted by Gasteiger charge is 2.06. The van der Waals surface area contributed by atoms with Crippen molar-refractivity contribution in [2.75, 3.05) is 11.9 Å². The Hall–Kier alpha value is -1.58. The quantitative estimate of drug-likeness (QED) is 0.822. The van der Waals surface area contributed by atoms with E-state index in [9.17, 15) is 0 Å². The summed E-state index contributed by atoms with van der Waals surface area (Å²) < 4.78 is 0. The van der Waals surface area contributed by atoms with Gasteiger partial charge in [0, 0.05) is 22.8 Å². The Morgan fingerprint density at radius 1 is 1.25 bits per heavy atom. The van der Waals surface area contributed by atoms with Crippen LogP contribution in [0.4, 0.5) is 5.69 Å². The summed E-state index contributed by atoms with van der Waals surface area (Å²) in [4.78, 5) is 0.353. The third kappa shape index (κ3) is 3.71. The first-order valence-corrected chi connectivity index (χ1v) is 7.24. The van der Waals surface area contributed by atoms with Crippen molar-refractivity contribution >= 4 is 34.5 Å². The van der Waals surface area contributed by atoms with Crippen molar-refractivity contribution in [2.24, 2.45) is 5.73 Å². The fourth-order valence-electron chi connectivity index (χ4n) is 2.10. The molecule has 0 heterocycles. The lowest BCUT2D eigenvalue weighted by Gasteiger charge is -2.12. The Bertz CT molecular complexity index is 626. The molecule has 2 nitrogen and oxygen atoms in total. The van der Waals surface area contributed by atoms with E-state index in [2.05, 4.69) is 36.5 Å². The molecular formula is C16H17ClN2S. The number of nitrogens with one attached hydrogen (secondary N) is 1. The van der Waals surface area contributed by atoms with Gasteiger partial charge in [0.05, 0.1) is 0 Å². The van der Waals surface area contributed by atoms with Gasteiger partial charge in [-0.3, -0.25) is 0 Å². The van der Waals surface area contributed by atoms with E-state index in [0.717, 1.165) is 24.2 Å². The lowest BCUT2D eigenvalue weighted by atomic mass is 10.1. The smallest absolute Gasteiger partial charge is 0.106 e. The van der Waals surface area contributed by atoms with Crippen LogP contribution in [0.5, 0.6) is 0 Å². The maximum atomic E-state index is 5.97. The van der Waals surface area contributed by atoms with Crippen LogP contribution in [0.25, 0.3) is 0 Å². The van der Waals surface area contributed by atoms with E-state index in [1.807, 2.05) is 12.1 Å². The van der Waals surface area contributed by atoms with Gasteiger partial charge in [-0.05, 0) is 42.7 Å². The summed E-state index contributed by atoms with van der Waals surface area (Å²) in [6.45, 7) is 2.94. The molecule has 2 aromatic rings. The second-order valence-electron chi connectivity index (χ2n) is 4.66. The summed E-state index contributed by atoms with van der Waals surface area (Å²) in [7, 11) is 0. The van der Waals surface area contributed by atoms with Crippen molar-refractivity contribution in [1.82, 2.24) is 0 Å². The molecule has 0 saturated heterocycles. The highest BCUT2D eigenvalue weighted by atomic mass is 35.5. The number of benzene rings is 2. The van der Waals surface area contributed by atoms with Gasteiger partial charge in [-0.1, -0.05) is 48.1 Å². The molecule has 0 radical (unpaired) electrons. The number of rotatable bonds is 5. The van der Waals surface area contributed by atoms with Gasteiger partial charge in [0.25, 0.3) is 0 Å². The summed E-state index contributed by atoms with van der Waals surface area (Å²) in [5.74, 6) is 0. The third-order valence-electron chi connectivity index (χ3n) is 3.22. The van der Waals surface area contributed by atoms with Gasteiger partial charge in [-0.2, -0.15) is 0 Å². The molecule has 0 aliphatic heterocycles. The number of hydrogen-bond donors (Lipinski definition) is 2. The van der Waals surface area contributed by atoms with Gasteiger partial charge >= 0.3 is 0 Å². The first-order chi connectivity index (χ1) is 9.58. The maximum Gasteiger partial charge on any atom is 0.106 e. The summed E-state index contributed by atoms with van der Waals surface area (Å²) in [5, 5.41) is 4.01. The van der Waals surface area contributed by atoms with Crippen LogP contribution in [0.1, 0.15) is 16.7 Å². The first-order valence-electron chi connectivity index (χ1n) is 6.45. The van der Waals surface area contributed by atoms with Crippen LogP contribution in [0.3, 0.4) is 0 Å². The minimum absolute atomic E-state index is 0.353. The molecule has 0 saturated carbocycles. The number of aryl methyl sites for hydroxylation is 1. The van der Waals surface area contributed by atoms with Crippen molar-refractivity contribution < 1.29 is 0 Å². The number of anilines is 1. The number of hydrogen-bond acceptors (Lipinski definition) is 2. The van der Waals surface area contributed by atoms with Crippen LogP contribution in [-0.2, 0) is 6.42 Å². The first kappa shape index (κ1) is 14.8. The van der Waals surface area contributed by atoms with Gasteiger partial charge in [0.2, 0.25) is 0 Å². The average Bonchev–Trinajstić information content (AvgIpc) is 2.42. The van der Waals surface area contributed by atoms with Crippen LogP contribution < -0.4 is 11.1 Å². The molecule has 0 fully saturated rings. The van der Waals surface area contributed by atoms with E-state index in [-0.39, 0.29) is 0 Å². The monoisotopic (exact) mass is 304 g/mol. The third-order valence-corrected chi connectivity index (χ3v) is 3.67. The van der Waals surface area contributed by atoms with E-state index in [1.54, 1.807) is 6.07 Å². The molecule has 0 atom stereocenters. The van der Waals surface area contributed by atoms with E-state index in [1.165, 1.54) is 11.1 Å². The van der Waals surface area contributed by atoms with Crippen molar-refractivity contribution in [3.63, 3.8) is 0 Å². The molecule has 0 bridgehead atoms. The number of thiocarbonyl (C=S) groups is 1. The summed E-state index contributed by atoms with van der Waals surface area (Å²) in [6, 6.07) is 13.9. The molecule has 0 amide bonds. The molecule has 104 valence electrons. The van der Waals surface area contributed by atoms with Crippen molar-refractivity contribution in [1.29, 1.82) is 0 Å². The highest BCUT2D eigenvalue weighted by molar-refractivity contribution is 7.80. The number of halogens is 1. The molecule has 2 aromatic carbocycles. The molecule has 0 aromatic heterocycles. The number of nitrogens with two attached hydrogens (primary N) is 1. The Morgan fingerprint density at radius 3 is 2.70 bits per heavy atom. The van der Waals surface area contributed by atoms with Gasteiger partial charge in [0.1, 0.15) is 4.99 Å². The fraction of sp³-hybridized carbons (Fsp3) is 0.188. The Labute approximate surface area is 130 Å². The summed E-state index contributed by atoms with van der Waals surface area (Å²) in [6.07, 6.45) is 0.950. The van der Waals surface area contributed by atoms with Crippen LogP contribution in [0.15, 0.2) is 42.5 Å². The Balaban J connectivity index is 2.05. The molecular weight excluding hydrogens is 288 g/mol. The largest absolute Gasteiger partial charge is 0.389 e. The van der Waals surface area contributed by atoms with E-state index in [0.29, 0.717) is 10.0 Å². The zero-order valence-electron chi connectivity index (χ0n) is 11.3. The van der Waals surface area contributed by atoms with Crippen LogP contribution >= 0.6 is 23.8 Å². The average molecular weight is 305 g/mol. The topological polar surface area (TPSA) is 38.0 Å². The molecule has 0 aliphatic carbocycles. The van der Waals surface area contributed by atoms with Crippen molar-refractivity contribution in [2.45, 2.75) is 13.3 Å². The van der Waals surface area contributed by atoms with E-state index >= 15 is 0 Å². The molecule has 3 N–H and O–H groups in total. The van der Waals surface area contributed by atoms with E-state index < -0.39 is 0 Å². The predicted molar refractivity (Wildman–Crippen MR) is 90.7 cm³/mol. The summed E-state index contributed by atoms with van der Waals surface area (Å²) in [5.41, 5.74) is 10.1. The molecule has 0 spiro atoms. The van der Waals surface area contributed by atoms with Gasteiger partial charge in [0.15, 0.2) is 0 Å². The van der Waals surface area contributed by atoms with Gasteiger partial charge in [-0.15, -0.1) is 0 Å². The fourth-order valence-corrected chi connectivity index (χ4v) is 2.44. The van der Waals surface area contributed by atoms with E-state index in [4.69, 9.17) is 29.6 Å². The highest BCUT2D eigenvalue weighted by Crippen LogP contribution is 2.20. The van der Waals surface area contributed by atoms with Gasteiger partial charge in [-0.25, -0.2) is 0 Å². The standard InChI is InChI=1S/C16H17ClN2S/c1-11-4-2-3-5-12(11)8-9-19-15-7-6-13(17)10-14(15)16(18)20/h2-7,10,19H,8-9H2,1H3,(H2,18,20). The molecule has 0 aliphatic rings. The molecule has 2 rings (SSSR count). The van der Waals surface area contributed by atoms with Crippen LogP contribution in [-0.4, -0.2) is 11.5 Å². The lowest BCUT2D eigenvalue weighted by Crippen LogP contribution is -2.14. The molecule has 4 heteroatoms. The van der Waals surface area contributed by atoms with Crippen LogP contribution in [0.2, 0.25) is 5.02 Å². The summed E-state index contributed by atoms with van der Waals surface area (Å²) >= 11 is 11.0. The molecule has 20 heavy (non-hydrogen) atoms. The molecule has 0 unspecified atom stereocenters. The second kappa shape index (κ2) is 6.73. The normalized spacial score (nSPS) is 10.3. The zero-order valence-corrected chi connectivity index (χ0v) is 12.9. The predicted octanol–water partition coefficient (Wildman–Crippen LogP) is 3.94. The minimum Gasteiger partial charge on any atom is -0.389 e. The SMILES string of the molecule is Cc1ccccc1CCNc1ccc(Cl)cc1C(N)=S. The minimum atomic E-state index is 0.353. The van der Waals surface area contributed by atoms with Crippen molar-refractivity contribution in [3.05, 3.63) is 64.2 Å². The van der Waals surface area contributed by atoms with Crippen molar-refractivity contribution in [3.8, 4) is 0 Å². The van der Waals surface area contributed by atoms with Gasteiger partial charge < -0.3 is 11.1 Å².